The van der Waals surface area contributed by atoms with Gasteiger partial charge in [-0.05, 0) is 0 Å². The van der Waals surface area contributed by atoms with Crippen molar-refractivity contribution in [1.29, 1.82) is 0 Å². The third-order valence-electron chi connectivity index (χ3n) is 1.42. The Kier molecular flexibility index (Phi) is 3.73. The van der Waals surface area contributed by atoms with Gasteiger partial charge in [-0.3, -0.25) is 0 Å². The summed E-state index contributed by atoms with van der Waals surface area (Å²) in [7, 11) is 0. The molecule has 0 aliphatic carbocycles. The third-order valence-corrected chi connectivity index (χ3v) is 1.61. The highest BCUT2D eigenvalue weighted by Crippen LogP contribution is 2.19. The van der Waals surface area contributed by atoms with Crippen molar-refractivity contribution in [3.05, 3.63) is 17.0 Å². The molecule has 84 valence electrons. The monoisotopic (exact) mass is 240 g/mol. The molecule has 1 aromatic heterocycles. The van der Waals surface area contributed by atoms with Crippen LogP contribution in [0.2, 0.25) is 5.15 Å². The van der Waals surface area contributed by atoms with Gasteiger partial charge in [0.2, 0.25) is 5.88 Å². The first-order chi connectivity index (χ1) is 6.90. The molecular formula is C8H8ClF3N2O. The van der Waals surface area contributed by atoms with Gasteiger partial charge in [-0.15, -0.1) is 0 Å². The van der Waals surface area contributed by atoms with Crippen molar-refractivity contribution in [2.45, 2.75) is 19.5 Å². The van der Waals surface area contributed by atoms with Gasteiger partial charge in [0.15, 0.2) is 6.61 Å². The summed E-state index contributed by atoms with van der Waals surface area (Å²) in [5.74, 6) is 0.184. The van der Waals surface area contributed by atoms with Crippen LogP contribution in [0.25, 0.3) is 0 Å². The molecule has 0 aliphatic rings. The van der Waals surface area contributed by atoms with E-state index in [0.29, 0.717) is 12.2 Å². The SMILES string of the molecule is CCc1nc(Cl)cc(OCC(F)(F)F)n1. The van der Waals surface area contributed by atoms with E-state index in [-0.39, 0.29) is 11.0 Å². The highest BCUT2D eigenvalue weighted by molar-refractivity contribution is 6.29. The molecule has 15 heavy (non-hydrogen) atoms. The molecule has 7 heteroatoms. The lowest BCUT2D eigenvalue weighted by Crippen LogP contribution is -2.19. The van der Waals surface area contributed by atoms with Crippen molar-refractivity contribution in [3.63, 3.8) is 0 Å². The van der Waals surface area contributed by atoms with Crippen LogP contribution in [0.1, 0.15) is 12.7 Å². The highest BCUT2D eigenvalue weighted by Gasteiger charge is 2.28. The van der Waals surface area contributed by atoms with E-state index in [4.69, 9.17) is 11.6 Å². The maximum Gasteiger partial charge on any atom is 0.422 e. The number of ether oxygens (including phenoxy) is 1. The van der Waals surface area contributed by atoms with Crippen LogP contribution in [0.5, 0.6) is 5.88 Å². The standard InChI is InChI=1S/C8H8ClF3N2O/c1-2-6-13-5(9)3-7(14-6)15-4-8(10,11)12/h3H,2,4H2,1H3. The summed E-state index contributed by atoms with van der Waals surface area (Å²) in [6.45, 7) is 0.378. The lowest BCUT2D eigenvalue weighted by molar-refractivity contribution is -0.154. The number of aromatic nitrogens is 2. The summed E-state index contributed by atoms with van der Waals surface area (Å²) >= 11 is 5.57. The van der Waals surface area contributed by atoms with Crippen LogP contribution >= 0.6 is 11.6 Å². The van der Waals surface area contributed by atoms with Crippen molar-refractivity contribution in [2.24, 2.45) is 0 Å². The van der Waals surface area contributed by atoms with Gasteiger partial charge in [-0.25, -0.2) is 4.98 Å². The quantitative estimate of drug-likeness (QED) is 0.762. The van der Waals surface area contributed by atoms with Gasteiger partial charge in [0, 0.05) is 12.5 Å². The summed E-state index contributed by atoms with van der Waals surface area (Å²) < 4.78 is 39.9. The zero-order valence-electron chi connectivity index (χ0n) is 7.81. The summed E-state index contributed by atoms with van der Waals surface area (Å²) in [5.41, 5.74) is 0. The van der Waals surface area contributed by atoms with E-state index in [2.05, 4.69) is 14.7 Å². The minimum Gasteiger partial charge on any atom is -0.468 e. The first-order valence-electron chi connectivity index (χ1n) is 4.13. The number of aryl methyl sites for hydroxylation is 1. The number of hydrogen-bond donors (Lipinski definition) is 0. The van der Waals surface area contributed by atoms with Gasteiger partial charge < -0.3 is 4.74 Å². The number of hydrogen-bond acceptors (Lipinski definition) is 3. The molecule has 0 aromatic carbocycles. The predicted molar refractivity (Wildman–Crippen MR) is 48.0 cm³/mol. The molecule has 1 rings (SSSR count). The Morgan fingerprint density at radius 1 is 1.40 bits per heavy atom. The largest absolute Gasteiger partial charge is 0.468 e. The average molecular weight is 241 g/mol. The molecule has 0 saturated carbocycles. The van der Waals surface area contributed by atoms with Crippen LogP contribution in [0.3, 0.4) is 0 Å². The van der Waals surface area contributed by atoms with E-state index in [9.17, 15) is 13.2 Å². The van der Waals surface area contributed by atoms with Crippen LogP contribution in [-0.2, 0) is 6.42 Å². The Morgan fingerprint density at radius 2 is 2.07 bits per heavy atom. The van der Waals surface area contributed by atoms with Gasteiger partial charge in [-0.1, -0.05) is 18.5 Å². The topological polar surface area (TPSA) is 35.0 Å². The Labute approximate surface area is 89.2 Å². The smallest absolute Gasteiger partial charge is 0.422 e. The van der Waals surface area contributed by atoms with Crippen molar-refractivity contribution in [1.82, 2.24) is 9.97 Å². The molecule has 0 fully saturated rings. The van der Waals surface area contributed by atoms with Crippen molar-refractivity contribution in [3.8, 4) is 5.88 Å². The molecule has 1 heterocycles. The zero-order chi connectivity index (χ0) is 11.5. The van der Waals surface area contributed by atoms with Gasteiger partial charge in [0.1, 0.15) is 11.0 Å². The summed E-state index contributed by atoms with van der Waals surface area (Å²) in [6, 6.07) is 1.15. The molecule has 0 radical (unpaired) electrons. The maximum absolute atomic E-state index is 11.8. The molecule has 0 amide bonds. The lowest BCUT2D eigenvalue weighted by Gasteiger charge is -2.08. The van der Waals surface area contributed by atoms with Crippen molar-refractivity contribution >= 4 is 11.6 Å². The molecular weight excluding hydrogens is 233 g/mol. The Morgan fingerprint density at radius 3 is 2.60 bits per heavy atom. The third kappa shape index (κ3) is 4.33. The van der Waals surface area contributed by atoms with Crippen LogP contribution in [0, 0.1) is 0 Å². The normalized spacial score (nSPS) is 11.5. The van der Waals surface area contributed by atoms with E-state index in [1.165, 1.54) is 0 Å². The Balaban J connectivity index is 2.73. The molecule has 0 unspecified atom stereocenters. The fourth-order valence-electron chi connectivity index (χ4n) is 0.830. The fraction of sp³-hybridized carbons (Fsp3) is 0.500. The molecule has 0 N–H and O–H groups in total. The van der Waals surface area contributed by atoms with Crippen LogP contribution < -0.4 is 4.74 Å². The number of nitrogens with zero attached hydrogens (tertiary/aromatic N) is 2. The molecule has 0 bridgehead atoms. The van der Waals surface area contributed by atoms with E-state index in [1.54, 1.807) is 6.92 Å². The average Bonchev–Trinajstić information content (AvgIpc) is 2.13. The minimum absolute atomic E-state index is 0.0685. The highest BCUT2D eigenvalue weighted by atomic mass is 35.5. The van der Waals surface area contributed by atoms with Gasteiger partial charge in [0.25, 0.3) is 0 Å². The second-order valence-electron chi connectivity index (χ2n) is 2.70. The van der Waals surface area contributed by atoms with E-state index in [0.717, 1.165) is 6.07 Å². The number of halogens is 4. The molecule has 0 spiro atoms. The number of rotatable bonds is 3. The molecule has 1 aromatic rings. The van der Waals surface area contributed by atoms with Crippen molar-refractivity contribution in [2.75, 3.05) is 6.61 Å². The minimum atomic E-state index is -4.39. The first kappa shape index (κ1) is 12.0. The Bertz CT molecular complexity index is 343. The predicted octanol–water partition coefficient (Wildman–Crippen LogP) is 2.63. The van der Waals surface area contributed by atoms with E-state index >= 15 is 0 Å². The molecule has 0 atom stereocenters. The molecule has 0 aliphatic heterocycles. The van der Waals surface area contributed by atoms with E-state index < -0.39 is 12.8 Å². The summed E-state index contributed by atoms with van der Waals surface area (Å²) in [6.07, 6.45) is -3.91. The second-order valence-corrected chi connectivity index (χ2v) is 3.09. The zero-order valence-corrected chi connectivity index (χ0v) is 8.56. The number of alkyl halides is 3. The van der Waals surface area contributed by atoms with Gasteiger partial charge >= 0.3 is 6.18 Å². The lowest BCUT2D eigenvalue weighted by atomic mass is 10.4. The van der Waals surface area contributed by atoms with Crippen LogP contribution in [0.15, 0.2) is 6.07 Å². The summed E-state index contributed by atoms with van der Waals surface area (Å²) in [5, 5.41) is 0.0685. The van der Waals surface area contributed by atoms with Gasteiger partial charge in [0.05, 0.1) is 0 Å². The Hall–Kier alpha value is -1.04. The van der Waals surface area contributed by atoms with Crippen LogP contribution in [-0.4, -0.2) is 22.8 Å². The fourth-order valence-corrected chi connectivity index (χ4v) is 1.02. The molecule has 3 nitrogen and oxygen atoms in total. The molecule has 0 saturated heterocycles. The first-order valence-corrected chi connectivity index (χ1v) is 4.51. The summed E-state index contributed by atoms with van der Waals surface area (Å²) in [4.78, 5) is 7.53. The second kappa shape index (κ2) is 4.65. The van der Waals surface area contributed by atoms with Gasteiger partial charge in [-0.2, -0.15) is 18.2 Å². The van der Waals surface area contributed by atoms with Crippen molar-refractivity contribution < 1.29 is 17.9 Å². The van der Waals surface area contributed by atoms with E-state index in [1.807, 2.05) is 0 Å². The maximum atomic E-state index is 11.8. The van der Waals surface area contributed by atoms with Crippen LogP contribution in [0.4, 0.5) is 13.2 Å².